The number of benzene rings is 1. The predicted octanol–water partition coefficient (Wildman–Crippen LogP) is 1.84. The average Bonchev–Trinajstić information content (AvgIpc) is 2.39. The van der Waals surface area contributed by atoms with Crippen molar-refractivity contribution in [2.24, 2.45) is 0 Å². The molecule has 0 aliphatic carbocycles. The topological polar surface area (TPSA) is 93.5 Å². The molecule has 2 amide bonds. The number of amides is 2. The molecule has 1 rings (SSSR count). The summed E-state index contributed by atoms with van der Waals surface area (Å²) >= 11 is 0. The molecule has 6 nitrogen and oxygen atoms in total. The molecule has 0 atom stereocenters. The standard InChI is InChI=1S/C16H25N3O3/c1-16(2,3)22-15(21)19-10-6-9-18-14(20)11-12-7-4-5-8-13(12)17/h4-5,7-8H,6,9-11,17H2,1-3H3,(H,18,20)(H,19,21). The van der Waals surface area contributed by atoms with E-state index in [-0.39, 0.29) is 12.3 Å². The van der Waals surface area contributed by atoms with Crippen LogP contribution in [0.15, 0.2) is 24.3 Å². The lowest BCUT2D eigenvalue weighted by Gasteiger charge is -2.19. The van der Waals surface area contributed by atoms with Crippen molar-refractivity contribution in [1.82, 2.24) is 10.6 Å². The normalized spacial score (nSPS) is 10.9. The monoisotopic (exact) mass is 307 g/mol. The summed E-state index contributed by atoms with van der Waals surface area (Å²) < 4.78 is 5.11. The molecular formula is C16H25N3O3. The maximum absolute atomic E-state index is 11.8. The number of alkyl carbamates (subject to hydrolysis) is 1. The van der Waals surface area contributed by atoms with Crippen molar-refractivity contribution in [3.05, 3.63) is 29.8 Å². The van der Waals surface area contributed by atoms with Gasteiger partial charge in [0.15, 0.2) is 0 Å². The van der Waals surface area contributed by atoms with E-state index >= 15 is 0 Å². The number of ether oxygens (including phenoxy) is 1. The summed E-state index contributed by atoms with van der Waals surface area (Å²) in [6.07, 6.45) is 0.442. The SMILES string of the molecule is CC(C)(C)OC(=O)NCCCNC(=O)Cc1ccccc1N. The van der Waals surface area contributed by atoms with Gasteiger partial charge in [0.2, 0.25) is 5.91 Å². The van der Waals surface area contributed by atoms with Gasteiger partial charge in [-0.25, -0.2) is 4.79 Å². The van der Waals surface area contributed by atoms with E-state index in [4.69, 9.17) is 10.5 Å². The molecule has 0 heterocycles. The van der Waals surface area contributed by atoms with Crippen LogP contribution in [0.3, 0.4) is 0 Å². The van der Waals surface area contributed by atoms with Gasteiger partial charge in [-0.1, -0.05) is 18.2 Å². The molecule has 4 N–H and O–H groups in total. The molecular weight excluding hydrogens is 282 g/mol. The maximum atomic E-state index is 11.8. The molecule has 22 heavy (non-hydrogen) atoms. The van der Waals surface area contributed by atoms with E-state index in [0.717, 1.165) is 5.56 Å². The van der Waals surface area contributed by atoms with Gasteiger partial charge in [0.05, 0.1) is 6.42 Å². The van der Waals surface area contributed by atoms with Crippen LogP contribution in [0.4, 0.5) is 10.5 Å². The van der Waals surface area contributed by atoms with E-state index < -0.39 is 11.7 Å². The third kappa shape index (κ3) is 7.52. The van der Waals surface area contributed by atoms with E-state index in [1.54, 1.807) is 6.07 Å². The van der Waals surface area contributed by atoms with Gasteiger partial charge < -0.3 is 21.1 Å². The van der Waals surface area contributed by atoms with Gasteiger partial charge in [-0.3, -0.25) is 4.79 Å². The lowest BCUT2D eigenvalue weighted by molar-refractivity contribution is -0.120. The summed E-state index contributed by atoms with van der Waals surface area (Å²) in [5.74, 6) is -0.0878. The number of hydrogen-bond acceptors (Lipinski definition) is 4. The van der Waals surface area contributed by atoms with Crippen LogP contribution in [0.1, 0.15) is 32.8 Å². The smallest absolute Gasteiger partial charge is 0.407 e. The number of carbonyl (C=O) groups excluding carboxylic acids is 2. The van der Waals surface area contributed by atoms with E-state index in [2.05, 4.69) is 10.6 Å². The second kappa shape index (κ2) is 8.26. The Morgan fingerprint density at radius 3 is 2.41 bits per heavy atom. The quantitative estimate of drug-likeness (QED) is 0.552. The Morgan fingerprint density at radius 1 is 1.14 bits per heavy atom. The Bertz CT molecular complexity index is 510. The molecule has 6 heteroatoms. The fraction of sp³-hybridized carbons (Fsp3) is 0.500. The van der Waals surface area contributed by atoms with Crippen molar-refractivity contribution in [2.45, 2.75) is 39.2 Å². The van der Waals surface area contributed by atoms with Crippen molar-refractivity contribution in [2.75, 3.05) is 18.8 Å². The molecule has 0 aliphatic rings. The Hall–Kier alpha value is -2.24. The van der Waals surface area contributed by atoms with Crippen LogP contribution in [0.5, 0.6) is 0 Å². The molecule has 0 radical (unpaired) electrons. The minimum atomic E-state index is -0.506. The maximum Gasteiger partial charge on any atom is 0.407 e. The summed E-state index contributed by atoms with van der Waals surface area (Å²) in [6, 6.07) is 7.29. The van der Waals surface area contributed by atoms with Crippen LogP contribution < -0.4 is 16.4 Å². The summed E-state index contributed by atoms with van der Waals surface area (Å²) in [4.78, 5) is 23.2. The van der Waals surface area contributed by atoms with Gasteiger partial charge in [-0.05, 0) is 38.8 Å². The Balaban J connectivity index is 2.16. The zero-order valence-corrected chi connectivity index (χ0v) is 13.4. The van der Waals surface area contributed by atoms with Crippen LogP contribution in [0.2, 0.25) is 0 Å². The highest BCUT2D eigenvalue weighted by atomic mass is 16.6. The Kier molecular flexibility index (Phi) is 6.69. The number of nitrogens with two attached hydrogens (primary N) is 1. The van der Waals surface area contributed by atoms with Crippen molar-refractivity contribution in [3.63, 3.8) is 0 Å². The molecule has 1 aromatic carbocycles. The van der Waals surface area contributed by atoms with Crippen LogP contribution in [0.25, 0.3) is 0 Å². The fourth-order valence-corrected chi connectivity index (χ4v) is 1.75. The van der Waals surface area contributed by atoms with Crippen molar-refractivity contribution < 1.29 is 14.3 Å². The highest BCUT2D eigenvalue weighted by molar-refractivity contribution is 5.80. The Labute approximate surface area is 131 Å². The van der Waals surface area contributed by atoms with Crippen LogP contribution in [-0.2, 0) is 16.0 Å². The van der Waals surface area contributed by atoms with Gasteiger partial charge in [0.25, 0.3) is 0 Å². The molecule has 0 saturated carbocycles. The first-order valence-corrected chi connectivity index (χ1v) is 7.35. The molecule has 0 unspecified atom stereocenters. The van der Waals surface area contributed by atoms with E-state index in [9.17, 15) is 9.59 Å². The lowest BCUT2D eigenvalue weighted by Crippen LogP contribution is -2.34. The number of hydrogen-bond donors (Lipinski definition) is 3. The van der Waals surface area contributed by atoms with Gasteiger partial charge in [0, 0.05) is 18.8 Å². The van der Waals surface area contributed by atoms with Crippen molar-refractivity contribution >= 4 is 17.7 Å². The van der Waals surface area contributed by atoms with Gasteiger partial charge in [-0.2, -0.15) is 0 Å². The molecule has 0 fully saturated rings. The summed E-state index contributed by atoms with van der Waals surface area (Å²) in [5.41, 5.74) is 6.71. The minimum Gasteiger partial charge on any atom is -0.444 e. The summed E-state index contributed by atoms with van der Waals surface area (Å²) in [5, 5.41) is 5.43. The molecule has 0 aliphatic heterocycles. The first-order chi connectivity index (χ1) is 10.3. The molecule has 0 aromatic heterocycles. The molecule has 1 aromatic rings. The molecule has 0 saturated heterocycles. The summed E-state index contributed by atoms with van der Waals surface area (Å²) in [7, 11) is 0. The number of para-hydroxylation sites is 1. The molecule has 0 bridgehead atoms. The van der Waals surface area contributed by atoms with Crippen LogP contribution in [-0.4, -0.2) is 30.7 Å². The second-order valence-electron chi connectivity index (χ2n) is 6.01. The van der Waals surface area contributed by atoms with Gasteiger partial charge in [0.1, 0.15) is 5.60 Å². The highest BCUT2D eigenvalue weighted by Crippen LogP contribution is 2.10. The van der Waals surface area contributed by atoms with Gasteiger partial charge in [-0.15, -0.1) is 0 Å². The van der Waals surface area contributed by atoms with E-state index in [1.807, 2.05) is 39.0 Å². The highest BCUT2D eigenvalue weighted by Gasteiger charge is 2.15. The number of carbonyl (C=O) groups is 2. The largest absolute Gasteiger partial charge is 0.444 e. The number of rotatable bonds is 6. The zero-order valence-electron chi connectivity index (χ0n) is 13.4. The predicted molar refractivity (Wildman–Crippen MR) is 86.4 cm³/mol. The second-order valence-corrected chi connectivity index (χ2v) is 6.01. The third-order valence-corrected chi connectivity index (χ3v) is 2.75. The number of nitrogen functional groups attached to an aromatic ring is 1. The average molecular weight is 307 g/mol. The van der Waals surface area contributed by atoms with Crippen LogP contribution in [0, 0.1) is 0 Å². The Morgan fingerprint density at radius 2 is 1.77 bits per heavy atom. The first-order valence-electron chi connectivity index (χ1n) is 7.35. The minimum absolute atomic E-state index is 0.0878. The summed E-state index contributed by atoms with van der Waals surface area (Å²) in [6.45, 7) is 6.36. The van der Waals surface area contributed by atoms with Gasteiger partial charge >= 0.3 is 6.09 Å². The zero-order chi connectivity index (χ0) is 16.6. The lowest BCUT2D eigenvalue weighted by atomic mass is 10.1. The number of anilines is 1. The van der Waals surface area contributed by atoms with Crippen LogP contribution >= 0.6 is 0 Å². The van der Waals surface area contributed by atoms with Crippen molar-refractivity contribution in [3.8, 4) is 0 Å². The van der Waals surface area contributed by atoms with E-state index in [1.165, 1.54) is 0 Å². The third-order valence-electron chi connectivity index (χ3n) is 2.75. The number of nitrogens with one attached hydrogen (secondary N) is 2. The van der Waals surface area contributed by atoms with E-state index in [0.29, 0.717) is 25.2 Å². The molecule has 0 spiro atoms. The first kappa shape index (κ1) is 17.8. The molecule has 122 valence electrons. The van der Waals surface area contributed by atoms with Crippen molar-refractivity contribution in [1.29, 1.82) is 0 Å². The fourth-order valence-electron chi connectivity index (χ4n) is 1.75.